The van der Waals surface area contributed by atoms with E-state index in [1.807, 2.05) is 5.31 Å². The summed E-state index contributed by atoms with van der Waals surface area (Å²) in [6.07, 6.45) is 20.6. The molecule has 2 saturated carbocycles. The van der Waals surface area contributed by atoms with Gasteiger partial charge in [0.05, 0.1) is 0 Å². The third-order valence-electron chi connectivity index (χ3n) is 4.52. The van der Waals surface area contributed by atoms with E-state index < -0.39 is 0 Å². The molecular formula is C15H23P. The molecule has 0 amide bonds. The maximum atomic E-state index is 2.46. The van der Waals surface area contributed by atoms with Crippen molar-refractivity contribution < 1.29 is 0 Å². The third-order valence-corrected chi connectivity index (χ3v) is 8.12. The molecular weight excluding hydrogens is 211 g/mol. The van der Waals surface area contributed by atoms with Gasteiger partial charge in [-0.1, -0.05) is 51.8 Å². The van der Waals surface area contributed by atoms with Gasteiger partial charge in [0.15, 0.2) is 0 Å². The zero-order valence-electron chi connectivity index (χ0n) is 10.2. The van der Waals surface area contributed by atoms with Crippen LogP contribution in [-0.2, 0) is 0 Å². The van der Waals surface area contributed by atoms with Crippen LogP contribution < -0.4 is 0 Å². The van der Waals surface area contributed by atoms with Crippen LogP contribution in [-0.4, -0.2) is 11.3 Å². The van der Waals surface area contributed by atoms with Gasteiger partial charge in [0, 0.05) is 0 Å². The summed E-state index contributed by atoms with van der Waals surface area (Å²) in [4.78, 5) is 0. The Morgan fingerprint density at radius 2 is 1.44 bits per heavy atom. The fourth-order valence-electron chi connectivity index (χ4n) is 3.76. The van der Waals surface area contributed by atoms with Crippen LogP contribution in [0.15, 0.2) is 23.5 Å². The van der Waals surface area contributed by atoms with Crippen molar-refractivity contribution in [2.45, 2.75) is 69.1 Å². The molecule has 3 aliphatic rings. The number of allylic oxidation sites excluding steroid dienone is 4. The summed E-state index contributed by atoms with van der Waals surface area (Å²) in [6.45, 7) is 0. The van der Waals surface area contributed by atoms with Crippen LogP contribution in [0.2, 0.25) is 0 Å². The highest BCUT2D eigenvalue weighted by Crippen LogP contribution is 2.63. The van der Waals surface area contributed by atoms with E-state index in [0.29, 0.717) is 0 Å². The summed E-state index contributed by atoms with van der Waals surface area (Å²) in [6, 6.07) is 0. The first kappa shape index (κ1) is 11.0. The molecule has 3 aliphatic carbocycles. The van der Waals surface area contributed by atoms with Crippen molar-refractivity contribution in [3.05, 3.63) is 23.5 Å². The minimum absolute atomic E-state index is 0.235. The van der Waals surface area contributed by atoms with E-state index in [-0.39, 0.29) is 7.92 Å². The van der Waals surface area contributed by atoms with Crippen LogP contribution in [0.1, 0.15) is 57.8 Å². The van der Waals surface area contributed by atoms with Crippen LogP contribution in [0.5, 0.6) is 0 Å². The van der Waals surface area contributed by atoms with E-state index in [1.165, 1.54) is 32.1 Å². The van der Waals surface area contributed by atoms with Crippen LogP contribution in [0.25, 0.3) is 0 Å². The first-order valence-corrected chi connectivity index (χ1v) is 8.57. The van der Waals surface area contributed by atoms with Gasteiger partial charge in [-0.2, -0.15) is 0 Å². The molecule has 16 heavy (non-hydrogen) atoms. The predicted molar refractivity (Wildman–Crippen MR) is 73.3 cm³/mol. The molecule has 88 valence electrons. The highest BCUT2D eigenvalue weighted by molar-refractivity contribution is 7.63. The summed E-state index contributed by atoms with van der Waals surface area (Å²) < 4.78 is 0. The minimum atomic E-state index is 0.235. The number of hydrogen-bond donors (Lipinski definition) is 0. The largest absolute Gasteiger partial charge is 0.0801 e. The van der Waals surface area contributed by atoms with Crippen molar-refractivity contribution in [1.29, 1.82) is 0 Å². The van der Waals surface area contributed by atoms with Gasteiger partial charge in [0.1, 0.15) is 0 Å². The lowest BCUT2D eigenvalue weighted by molar-refractivity contribution is 0.830. The van der Waals surface area contributed by atoms with E-state index >= 15 is 0 Å². The molecule has 0 radical (unpaired) electrons. The van der Waals surface area contributed by atoms with E-state index in [4.69, 9.17) is 0 Å². The first-order valence-electron chi connectivity index (χ1n) is 7.09. The van der Waals surface area contributed by atoms with Gasteiger partial charge >= 0.3 is 0 Å². The van der Waals surface area contributed by atoms with Crippen molar-refractivity contribution >= 4 is 7.92 Å². The maximum absolute atomic E-state index is 2.46. The molecule has 0 aliphatic heterocycles. The lowest BCUT2D eigenvalue weighted by atomic mass is 10.3. The quantitative estimate of drug-likeness (QED) is 0.589. The Morgan fingerprint density at radius 3 is 1.88 bits per heavy atom. The summed E-state index contributed by atoms with van der Waals surface area (Å²) in [5.74, 6) is 0. The van der Waals surface area contributed by atoms with Crippen LogP contribution in [0, 0.1) is 0 Å². The molecule has 3 rings (SSSR count). The average Bonchev–Trinajstić information content (AvgIpc) is 3.02. The zero-order valence-corrected chi connectivity index (χ0v) is 11.1. The Labute approximate surface area is 101 Å². The summed E-state index contributed by atoms with van der Waals surface area (Å²) in [5.41, 5.74) is 2.20. The lowest BCUT2D eigenvalue weighted by Gasteiger charge is -2.31. The second-order valence-electron chi connectivity index (χ2n) is 5.57. The predicted octanol–water partition coefficient (Wildman–Crippen LogP) is 5.20. The molecule has 0 nitrogen and oxygen atoms in total. The van der Waals surface area contributed by atoms with Gasteiger partial charge < -0.3 is 0 Å². The molecule has 0 bridgehead atoms. The Balaban J connectivity index is 1.76. The molecule has 0 aromatic rings. The van der Waals surface area contributed by atoms with Gasteiger partial charge in [0.2, 0.25) is 0 Å². The van der Waals surface area contributed by atoms with Gasteiger partial charge in [-0.25, -0.2) is 0 Å². The molecule has 0 saturated heterocycles. The molecule has 2 fully saturated rings. The molecule has 0 unspecified atom stereocenters. The Bertz CT molecular complexity index is 275. The smallest absolute Gasteiger partial charge is 0.00897 e. The highest BCUT2D eigenvalue weighted by Gasteiger charge is 2.34. The molecule has 0 heterocycles. The SMILES string of the molecule is C1=CCC(P(C2CCCC2)C2CCCC2)=C1. The molecule has 0 atom stereocenters. The van der Waals surface area contributed by atoms with Crippen LogP contribution >= 0.6 is 7.92 Å². The van der Waals surface area contributed by atoms with Crippen molar-refractivity contribution in [1.82, 2.24) is 0 Å². The van der Waals surface area contributed by atoms with Crippen molar-refractivity contribution in [3.63, 3.8) is 0 Å². The highest BCUT2D eigenvalue weighted by atomic mass is 31.1. The number of hydrogen-bond acceptors (Lipinski definition) is 0. The second kappa shape index (κ2) is 5.05. The Kier molecular flexibility index (Phi) is 3.48. The van der Waals surface area contributed by atoms with E-state index in [1.54, 1.807) is 25.7 Å². The summed E-state index contributed by atoms with van der Waals surface area (Å²) in [7, 11) is 0.235. The van der Waals surface area contributed by atoms with Crippen LogP contribution in [0.3, 0.4) is 0 Å². The maximum Gasteiger partial charge on any atom is -0.00897 e. The fourth-order valence-corrected chi connectivity index (χ4v) is 7.71. The van der Waals surface area contributed by atoms with E-state index in [2.05, 4.69) is 18.2 Å². The van der Waals surface area contributed by atoms with Crippen LogP contribution in [0.4, 0.5) is 0 Å². The Hall–Kier alpha value is -0.0900. The summed E-state index contributed by atoms with van der Waals surface area (Å²) in [5, 5.41) is 1.84. The van der Waals surface area contributed by atoms with Gasteiger partial charge in [-0.05, 0) is 48.7 Å². The molecule has 0 N–H and O–H groups in total. The lowest BCUT2D eigenvalue weighted by Crippen LogP contribution is -2.11. The van der Waals surface area contributed by atoms with E-state index in [9.17, 15) is 0 Å². The summed E-state index contributed by atoms with van der Waals surface area (Å²) >= 11 is 0. The van der Waals surface area contributed by atoms with E-state index in [0.717, 1.165) is 11.3 Å². The van der Waals surface area contributed by atoms with Gasteiger partial charge in [0.25, 0.3) is 0 Å². The molecule has 0 aromatic carbocycles. The molecule has 0 spiro atoms. The van der Waals surface area contributed by atoms with Crippen molar-refractivity contribution in [3.8, 4) is 0 Å². The number of rotatable bonds is 3. The standard InChI is InChI=1S/C15H23P/c1-2-8-13(7-1)16(14-9-3-4-10-14)15-11-5-6-12-15/h1-2,7,14-15H,3-6,8-12H2. The molecule has 0 aromatic heterocycles. The van der Waals surface area contributed by atoms with Crippen molar-refractivity contribution in [2.24, 2.45) is 0 Å². The minimum Gasteiger partial charge on any atom is -0.0801 e. The van der Waals surface area contributed by atoms with Gasteiger partial charge in [-0.3, -0.25) is 0 Å². The topological polar surface area (TPSA) is 0 Å². The molecule has 1 heteroatoms. The zero-order chi connectivity index (χ0) is 10.8. The second-order valence-corrected chi connectivity index (χ2v) is 8.42. The van der Waals surface area contributed by atoms with Gasteiger partial charge in [-0.15, -0.1) is 0 Å². The monoisotopic (exact) mass is 234 g/mol. The normalized spacial score (nSPS) is 27.2. The third kappa shape index (κ3) is 2.14. The fraction of sp³-hybridized carbons (Fsp3) is 0.733. The van der Waals surface area contributed by atoms with Crippen molar-refractivity contribution in [2.75, 3.05) is 0 Å². The Morgan fingerprint density at radius 1 is 0.875 bits per heavy atom. The average molecular weight is 234 g/mol. The first-order chi connectivity index (χ1) is 7.95.